The Bertz CT molecular complexity index is 599. The Kier molecular flexibility index (Phi) is 4.35. The van der Waals surface area contributed by atoms with Crippen LogP contribution in [0.4, 0.5) is 0 Å². The lowest BCUT2D eigenvalue weighted by Gasteiger charge is -2.29. The molecular formula is C17H18ClNS. The lowest BCUT2D eigenvalue weighted by atomic mass is 10.00. The van der Waals surface area contributed by atoms with Crippen molar-refractivity contribution in [3.05, 3.63) is 70.2 Å². The van der Waals surface area contributed by atoms with Gasteiger partial charge in [0, 0.05) is 28.6 Å². The number of fused-ring (bicyclic) bond motifs is 1. The van der Waals surface area contributed by atoms with Crippen LogP contribution >= 0.6 is 23.4 Å². The molecule has 0 aromatic heterocycles. The largest absolute Gasteiger partial charge is 0.303 e. The Hall–Kier alpha value is -0.960. The first-order chi connectivity index (χ1) is 9.74. The molecule has 0 aliphatic carbocycles. The molecule has 2 aromatic carbocycles. The van der Waals surface area contributed by atoms with E-state index < -0.39 is 0 Å². The average molecular weight is 304 g/mol. The van der Waals surface area contributed by atoms with Gasteiger partial charge in [0.1, 0.15) is 0 Å². The predicted molar refractivity (Wildman–Crippen MR) is 88.3 cm³/mol. The number of thioether (sulfide) groups is 1. The third kappa shape index (κ3) is 3.03. The molecule has 2 atom stereocenters. The minimum absolute atomic E-state index is 0.297. The first-order valence-corrected chi connectivity index (χ1v) is 8.44. The molecule has 0 saturated heterocycles. The van der Waals surface area contributed by atoms with Crippen LogP contribution in [0.3, 0.4) is 0 Å². The second kappa shape index (κ2) is 6.21. The second-order valence-electron chi connectivity index (χ2n) is 5.21. The minimum Gasteiger partial charge on any atom is -0.303 e. The predicted octanol–water partition coefficient (Wildman–Crippen LogP) is 4.98. The number of nitrogens with one attached hydrogen (secondary N) is 1. The molecule has 0 saturated carbocycles. The zero-order valence-corrected chi connectivity index (χ0v) is 13.0. The fraction of sp³-hybridized carbons (Fsp3) is 0.294. The van der Waals surface area contributed by atoms with Crippen LogP contribution in [0.5, 0.6) is 0 Å². The van der Waals surface area contributed by atoms with Gasteiger partial charge >= 0.3 is 0 Å². The van der Waals surface area contributed by atoms with Crippen molar-refractivity contribution < 1.29 is 0 Å². The topological polar surface area (TPSA) is 12.0 Å². The summed E-state index contributed by atoms with van der Waals surface area (Å²) in [4.78, 5) is 0. The Balaban J connectivity index is 1.79. The molecule has 0 spiro atoms. The van der Waals surface area contributed by atoms with Crippen molar-refractivity contribution in [1.29, 1.82) is 0 Å². The summed E-state index contributed by atoms with van der Waals surface area (Å²) in [6.45, 7) is 2.20. The molecule has 1 aliphatic heterocycles. The Morgan fingerprint density at radius 1 is 1.20 bits per heavy atom. The zero-order valence-electron chi connectivity index (χ0n) is 11.5. The molecule has 1 unspecified atom stereocenters. The molecule has 104 valence electrons. The summed E-state index contributed by atoms with van der Waals surface area (Å²) >= 11 is 8.08. The maximum atomic E-state index is 6.08. The first kappa shape index (κ1) is 14.0. The molecule has 3 rings (SSSR count). The maximum absolute atomic E-state index is 6.08. The van der Waals surface area contributed by atoms with Gasteiger partial charge in [0.05, 0.1) is 0 Å². The highest BCUT2D eigenvalue weighted by Gasteiger charge is 2.21. The highest BCUT2D eigenvalue weighted by atomic mass is 35.5. The summed E-state index contributed by atoms with van der Waals surface area (Å²) in [6.07, 6.45) is 0. The third-order valence-electron chi connectivity index (χ3n) is 3.77. The number of benzene rings is 2. The lowest BCUT2D eigenvalue weighted by molar-refractivity contribution is 0.496. The quantitative estimate of drug-likeness (QED) is 0.858. The lowest BCUT2D eigenvalue weighted by Crippen LogP contribution is -2.29. The van der Waals surface area contributed by atoms with E-state index >= 15 is 0 Å². The molecule has 3 heteroatoms. The van der Waals surface area contributed by atoms with E-state index in [2.05, 4.69) is 42.6 Å². The zero-order chi connectivity index (χ0) is 13.9. The smallest absolute Gasteiger partial charge is 0.0419 e. The molecule has 0 bridgehead atoms. The average Bonchev–Trinajstić information content (AvgIpc) is 2.47. The molecule has 1 nitrogen and oxygen atoms in total. The van der Waals surface area contributed by atoms with E-state index in [1.165, 1.54) is 16.7 Å². The molecule has 1 aliphatic rings. The number of hydrogen-bond donors (Lipinski definition) is 1. The fourth-order valence-electron chi connectivity index (χ4n) is 2.69. The van der Waals surface area contributed by atoms with Crippen molar-refractivity contribution in [2.24, 2.45) is 0 Å². The van der Waals surface area contributed by atoms with Crippen LogP contribution in [0, 0.1) is 0 Å². The van der Waals surface area contributed by atoms with E-state index in [1.54, 1.807) is 0 Å². The standard InChI is InChI=1S/C17H18ClNS/c1-12(13-6-4-7-15(18)9-13)19-17-11-20-10-14-5-2-3-8-16(14)17/h2-9,12,17,19H,10-11H2,1H3/t12-,17?/m1/s1. The summed E-state index contributed by atoms with van der Waals surface area (Å²) in [6, 6.07) is 17.6. The Labute approximate surface area is 129 Å². The van der Waals surface area contributed by atoms with Crippen molar-refractivity contribution in [3.63, 3.8) is 0 Å². The molecule has 1 heterocycles. The van der Waals surface area contributed by atoms with Gasteiger partial charge in [-0.05, 0) is 35.7 Å². The van der Waals surface area contributed by atoms with Crippen molar-refractivity contribution in [2.75, 3.05) is 5.75 Å². The Morgan fingerprint density at radius 2 is 2.05 bits per heavy atom. The summed E-state index contributed by atoms with van der Waals surface area (Å²) in [5, 5.41) is 4.54. The van der Waals surface area contributed by atoms with Crippen LogP contribution < -0.4 is 5.32 Å². The normalized spacial score (nSPS) is 19.4. The highest BCUT2D eigenvalue weighted by molar-refractivity contribution is 7.98. The van der Waals surface area contributed by atoms with Gasteiger partial charge in [-0.3, -0.25) is 0 Å². The Morgan fingerprint density at radius 3 is 2.90 bits per heavy atom. The van der Waals surface area contributed by atoms with Crippen LogP contribution in [0.15, 0.2) is 48.5 Å². The van der Waals surface area contributed by atoms with Crippen LogP contribution in [0.2, 0.25) is 5.02 Å². The molecule has 1 N–H and O–H groups in total. The van der Waals surface area contributed by atoms with E-state index in [9.17, 15) is 0 Å². The SMILES string of the molecule is C[C@@H](NC1CSCc2ccccc21)c1cccc(Cl)c1. The van der Waals surface area contributed by atoms with E-state index in [0.29, 0.717) is 12.1 Å². The van der Waals surface area contributed by atoms with Crippen LogP contribution in [-0.4, -0.2) is 5.75 Å². The summed E-state index contributed by atoms with van der Waals surface area (Å²) < 4.78 is 0. The van der Waals surface area contributed by atoms with E-state index in [4.69, 9.17) is 11.6 Å². The number of rotatable bonds is 3. The van der Waals surface area contributed by atoms with Gasteiger partial charge in [0.2, 0.25) is 0 Å². The third-order valence-corrected chi connectivity index (χ3v) is 5.09. The van der Waals surface area contributed by atoms with Crippen molar-refractivity contribution >= 4 is 23.4 Å². The number of hydrogen-bond acceptors (Lipinski definition) is 2. The van der Waals surface area contributed by atoms with Crippen LogP contribution in [0.1, 0.15) is 35.7 Å². The molecular weight excluding hydrogens is 286 g/mol. The summed E-state index contributed by atoms with van der Waals surface area (Å²) in [7, 11) is 0. The minimum atomic E-state index is 0.297. The highest BCUT2D eigenvalue weighted by Crippen LogP contribution is 2.33. The summed E-state index contributed by atoms with van der Waals surface area (Å²) in [5.74, 6) is 2.25. The van der Waals surface area contributed by atoms with E-state index in [1.807, 2.05) is 30.0 Å². The van der Waals surface area contributed by atoms with Gasteiger partial charge in [0.25, 0.3) is 0 Å². The van der Waals surface area contributed by atoms with Gasteiger partial charge in [-0.25, -0.2) is 0 Å². The van der Waals surface area contributed by atoms with Gasteiger partial charge in [0.15, 0.2) is 0 Å². The second-order valence-corrected chi connectivity index (χ2v) is 6.68. The van der Waals surface area contributed by atoms with Crippen LogP contribution in [0.25, 0.3) is 0 Å². The molecule has 20 heavy (non-hydrogen) atoms. The van der Waals surface area contributed by atoms with Crippen LogP contribution in [-0.2, 0) is 5.75 Å². The molecule has 0 radical (unpaired) electrons. The van der Waals surface area contributed by atoms with Crippen molar-refractivity contribution in [1.82, 2.24) is 5.32 Å². The number of halogens is 1. The van der Waals surface area contributed by atoms with Gasteiger partial charge < -0.3 is 5.32 Å². The first-order valence-electron chi connectivity index (χ1n) is 6.91. The van der Waals surface area contributed by atoms with Crippen molar-refractivity contribution in [3.8, 4) is 0 Å². The fourth-order valence-corrected chi connectivity index (χ4v) is 4.00. The molecule has 2 aromatic rings. The molecule has 0 fully saturated rings. The van der Waals surface area contributed by atoms with Crippen molar-refractivity contribution in [2.45, 2.75) is 24.8 Å². The summed E-state index contributed by atoms with van der Waals surface area (Å²) in [5.41, 5.74) is 4.14. The van der Waals surface area contributed by atoms with Gasteiger partial charge in [-0.1, -0.05) is 48.0 Å². The molecule has 0 amide bonds. The maximum Gasteiger partial charge on any atom is 0.0419 e. The van der Waals surface area contributed by atoms with Gasteiger partial charge in [-0.2, -0.15) is 11.8 Å². The monoisotopic (exact) mass is 303 g/mol. The van der Waals surface area contributed by atoms with E-state index in [-0.39, 0.29) is 0 Å². The van der Waals surface area contributed by atoms with E-state index in [0.717, 1.165) is 16.5 Å². The van der Waals surface area contributed by atoms with Gasteiger partial charge in [-0.15, -0.1) is 0 Å².